The fourth-order valence-corrected chi connectivity index (χ4v) is 3.44. The van der Waals surface area contributed by atoms with E-state index in [-0.39, 0.29) is 24.5 Å². The predicted octanol–water partition coefficient (Wildman–Crippen LogP) is 3.56. The summed E-state index contributed by atoms with van der Waals surface area (Å²) < 4.78 is 7.74. The molecule has 0 bridgehead atoms. The van der Waals surface area contributed by atoms with Gasteiger partial charge in [-0.2, -0.15) is 0 Å². The highest BCUT2D eigenvalue weighted by Gasteiger charge is 2.19. The summed E-state index contributed by atoms with van der Waals surface area (Å²) in [5, 5.41) is 0. The van der Waals surface area contributed by atoms with Crippen LogP contribution in [0.1, 0.15) is 97.3 Å². The van der Waals surface area contributed by atoms with E-state index >= 15 is 0 Å². The van der Waals surface area contributed by atoms with Crippen LogP contribution in [-0.2, 0) is 16.1 Å². The van der Waals surface area contributed by atoms with Crippen LogP contribution >= 0.6 is 0 Å². The predicted molar refractivity (Wildman–Crippen MR) is 117 cm³/mol. The molecule has 3 nitrogen and oxygen atoms in total. The molecule has 29 heavy (non-hydrogen) atoms. The molecule has 0 saturated carbocycles. The first-order chi connectivity index (χ1) is 13.6. The molecule has 0 aliphatic heterocycles. The lowest BCUT2D eigenvalue weighted by Crippen LogP contribution is -3.00. The average molecular weight is 424 g/mol. The van der Waals surface area contributed by atoms with Gasteiger partial charge in [0.05, 0.1) is 0 Å². The van der Waals surface area contributed by atoms with Gasteiger partial charge in [0, 0.05) is 17.7 Å². The third kappa shape index (κ3) is 15.2. The smallest absolute Gasteiger partial charge is 0.333 e. The largest absolute Gasteiger partial charge is 1.00 e. The number of carbonyl (C=O) groups excluding carboxylic acids is 1. The van der Waals surface area contributed by atoms with Gasteiger partial charge < -0.3 is 17.1 Å². The van der Waals surface area contributed by atoms with Crippen molar-refractivity contribution in [3.8, 4) is 0 Å². The Labute approximate surface area is 185 Å². The van der Waals surface area contributed by atoms with E-state index < -0.39 is 0 Å². The van der Waals surface area contributed by atoms with Crippen LogP contribution in [0.5, 0.6) is 0 Å². The third-order valence-electron chi connectivity index (χ3n) is 5.19. The summed E-state index contributed by atoms with van der Waals surface area (Å²) in [5.41, 5.74) is 0.470. The van der Waals surface area contributed by atoms with Gasteiger partial charge in [0.1, 0.15) is 0 Å². The van der Waals surface area contributed by atoms with Crippen LogP contribution in [0.3, 0.4) is 0 Å². The van der Waals surface area contributed by atoms with Crippen LogP contribution in [0.2, 0.25) is 0 Å². The zero-order valence-corrected chi connectivity index (χ0v) is 19.5. The normalized spacial score (nSPS) is 11.5. The maximum atomic E-state index is 11.9. The highest BCUT2D eigenvalue weighted by molar-refractivity contribution is 5.87. The Hall–Kier alpha value is -1.35. The van der Waals surface area contributed by atoms with Gasteiger partial charge in [-0.3, -0.25) is 0 Å². The Bertz CT molecular complexity index is 533. The minimum absolute atomic E-state index is 0. The van der Waals surface area contributed by atoms with Crippen LogP contribution in [0.25, 0.3) is 0 Å². The van der Waals surface area contributed by atoms with Gasteiger partial charge in [-0.1, -0.05) is 90.2 Å². The summed E-state index contributed by atoms with van der Waals surface area (Å²) in [5.74, 6) is -0.277. The van der Waals surface area contributed by atoms with Crippen LogP contribution in [0.4, 0.5) is 0 Å². The van der Waals surface area contributed by atoms with E-state index in [4.69, 9.17) is 4.74 Å². The molecule has 0 N–H and O–H groups in total. The van der Waals surface area contributed by atoms with E-state index in [1.165, 1.54) is 70.6 Å². The molecule has 1 aromatic heterocycles. The van der Waals surface area contributed by atoms with Crippen molar-refractivity contribution in [1.29, 1.82) is 0 Å². The number of hydrogen-bond acceptors (Lipinski definition) is 2. The minimum Gasteiger partial charge on any atom is -1.00 e. The second kappa shape index (κ2) is 18.7. The Morgan fingerprint density at radius 3 is 1.83 bits per heavy atom. The molecule has 0 spiro atoms. The summed E-state index contributed by atoms with van der Waals surface area (Å²) in [6.07, 6.45) is 20.9. The zero-order chi connectivity index (χ0) is 20.5. The van der Waals surface area contributed by atoms with E-state index in [9.17, 15) is 4.79 Å². The minimum atomic E-state index is -0.277. The molecule has 1 heterocycles. The fraction of sp³-hybridized carbons (Fsp3) is 0.680. The molecule has 1 atom stereocenters. The van der Waals surface area contributed by atoms with Crippen molar-refractivity contribution >= 4 is 5.97 Å². The number of pyridine rings is 1. The molecule has 0 aromatic carbocycles. The quantitative estimate of drug-likeness (QED) is 0.166. The summed E-state index contributed by atoms with van der Waals surface area (Å²) in [6.45, 7) is 8.38. The molecule has 0 saturated heterocycles. The van der Waals surface area contributed by atoms with Gasteiger partial charge in [-0.25, -0.2) is 9.36 Å². The summed E-state index contributed by atoms with van der Waals surface area (Å²) in [4.78, 5) is 11.9. The van der Waals surface area contributed by atoms with Crippen molar-refractivity contribution < 1.29 is 26.5 Å². The standard InChI is InChI=1S/C25H42NO2.ClH/c1-4-5-6-7-8-9-10-11-12-13-14-16-19-24(28-25(27)23(2)3)22-26-20-17-15-18-21-26;/h15,17-18,20-21,24H,2,4-14,16,19,22H2,1,3H3;1H/q+1;/p-1. The Morgan fingerprint density at radius 1 is 0.862 bits per heavy atom. The van der Waals surface area contributed by atoms with Crippen LogP contribution in [0, 0.1) is 0 Å². The number of aromatic nitrogens is 1. The van der Waals surface area contributed by atoms with Gasteiger partial charge in [0.15, 0.2) is 25.0 Å². The van der Waals surface area contributed by atoms with Crippen molar-refractivity contribution in [2.24, 2.45) is 0 Å². The fourth-order valence-electron chi connectivity index (χ4n) is 3.44. The lowest BCUT2D eigenvalue weighted by atomic mass is 10.0. The molecule has 1 unspecified atom stereocenters. The first-order valence-corrected chi connectivity index (χ1v) is 11.4. The lowest BCUT2D eigenvalue weighted by molar-refractivity contribution is -0.703. The molecular formula is C25H42ClNO2. The second-order valence-electron chi connectivity index (χ2n) is 8.06. The van der Waals surface area contributed by atoms with Gasteiger partial charge >= 0.3 is 5.97 Å². The number of carbonyl (C=O) groups is 1. The molecule has 0 amide bonds. The maximum Gasteiger partial charge on any atom is 0.333 e. The molecule has 4 heteroatoms. The summed E-state index contributed by atoms with van der Waals surface area (Å²) >= 11 is 0. The molecule has 1 rings (SSSR count). The molecule has 0 radical (unpaired) electrons. The number of hydrogen-bond donors (Lipinski definition) is 0. The van der Waals surface area contributed by atoms with Crippen LogP contribution in [0.15, 0.2) is 42.7 Å². The number of esters is 1. The number of nitrogens with zero attached hydrogens (tertiary/aromatic N) is 1. The molecule has 166 valence electrons. The number of unbranched alkanes of at least 4 members (excludes halogenated alkanes) is 11. The van der Waals surface area contributed by atoms with Gasteiger partial charge in [0.25, 0.3) is 0 Å². The first kappa shape index (κ1) is 27.6. The molecule has 0 aliphatic rings. The van der Waals surface area contributed by atoms with Crippen LogP contribution in [-0.4, -0.2) is 12.1 Å². The SMILES string of the molecule is C=C(C)C(=O)OC(CCCCCCCCCCCCCC)C[n+]1ccccc1.[Cl-]. The summed E-state index contributed by atoms with van der Waals surface area (Å²) in [6, 6.07) is 6.00. The molecule has 1 aromatic rings. The van der Waals surface area contributed by atoms with Gasteiger partial charge in [0.2, 0.25) is 0 Å². The van der Waals surface area contributed by atoms with Crippen molar-refractivity contribution in [2.75, 3.05) is 0 Å². The number of halogens is 1. The summed E-state index contributed by atoms with van der Waals surface area (Å²) in [7, 11) is 0. The van der Waals surface area contributed by atoms with Gasteiger partial charge in [-0.15, -0.1) is 0 Å². The van der Waals surface area contributed by atoms with Crippen molar-refractivity contribution in [1.82, 2.24) is 0 Å². The lowest BCUT2D eigenvalue weighted by Gasteiger charge is -2.15. The van der Waals surface area contributed by atoms with E-state index in [0.717, 1.165) is 12.8 Å². The zero-order valence-electron chi connectivity index (χ0n) is 18.7. The Kier molecular flexibility index (Phi) is 17.8. The Balaban J connectivity index is 0.00000784. The Morgan fingerprint density at radius 2 is 1.34 bits per heavy atom. The van der Waals surface area contributed by atoms with Crippen molar-refractivity contribution in [2.45, 2.75) is 110 Å². The topological polar surface area (TPSA) is 30.2 Å². The van der Waals surface area contributed by atoms with E-state index in [0.29, 0.717) is 12.1 Å². The van der Waals surface area contributed by atoms with Crippen LogP contribution < -0.4 is 17.0 Å². The van der Waals surface area contributed by atoms with Gasteiger partial charge in [-0.05, 0) is 19.8 Å². The van der Waals surface area contributed by atoms with Crippen molar-refractivity contribution in [3.63, 3.8) is 0 Å². The maximum absolute atomic E-state index is 11.9. The third-order valence-corrected chi connectivity index (χ3v) is 5.19. The second-order valence-corrected chi connectivity index (χ2v) is 8.06. The highest BCUT2D eigenvalue weighted by Crippen LogP contribution is 2.14. The highest BCUT2D eigenvalue weighted by atomic mass is 35.5. The first-order valence-electron chi connectivity index (χ1n) is 11.4. The molecule has 0 fully saturated rings. The van der Waals surface area contributed by atoms with E-state index in [1.54, 1.807) is 6.92 Å². The molecule has 0 aliphatic carbocycles. The van der Waals surface area contributed by atoms with E-state index in [2.05, 4.69) is 18.1 Å². The average Bonchev–Trinajstić information content (AvgIpc) is 2.69. The van der Waals surface area contributed by atoms with Crippen molar-refractivity contribution in [3.05, 3.63) is 42.7 Å². The molecular weight excluding hydrogens is 382 g/mol. The number of rotatable bonds is 17. The van der Waals surface area contributed by atoms with E-state index in [1.807, 2.05) is 30.6 Å². The monoisotopic (exact) mass is 423 g/mol. The number of ether oxygens (including phenoxy) is 1.